The van der Waals surface area contributed by atoms with E-state index in [0.29, 0.717) is 6.04 Å². The Morgan fingerprint density at radius 3 is 2.83 bits per heavy atom. The molecule has 0 radical (unpaired) electrons. The number of tetrazole rings is 1. The molecule has 6 heteroatoms. The van der Waals surface area contributed by atoms with Crippen LogP contribution < -0.4 is 10.6 Å². The Bertz CT molecular complexity index is 489. The second-order valence-electron chi connectivity index (χ2n) is 4.44. The zero-order chi connectivity index (χ0) is 12.2. The van der Waals surface area contributed by atoms with Gasteiger partial charge in [0.25, 0.3) is 0 Å². The third-order valence-electron chi connectivity index (χ3n) is 3.20. The van der Waals surface area contributed by atoms with Crippen molar-refractivity contribution in [3.05, 3.63) is 30.6 Å². The van der Waals surface area contributed by atoms with E-state index in [0.717, 1.165) is 37.3 Å². The van der Waals surface area contributed by atoms with Crippen molar-refractivity contribution >= 4 is 5.69 Å². The van der Waals surface area contributed by atoms with Gasteiger partial charge in [0.2, 0.25) is 0 Å². The van der Waals surface area contributed by atoms with Crippen molar-refractivity contribution in [1.82, 2.24) is 25.5 Å². The Labute approximate surface area is 105 Å². The lowest BCUT2D eigenvalue weighted by molar-refractivity contribution is 0.479. The molecule has 2 N–H and O–H groups in total. The molecule has 18 heavy (non-hydrogen) atoms. The molecule has 0 bridgehead atoms. The molecule has 1 aromatic carbocycles. The Balaban J connectivity index is 1.83. The largest absolute Gasteiger partial charge is 0.380 e. The standard InChI is InChI=1S/C12H16N6/c1-2-4-12(18-9-14-16-17-18)11(3-1)15-10-5-7-13-8-6-10/h1-4,9-10,13,15H,5-8H2. The van der Waals surface area contributed by atoms with E-state index in [2.05, 4.69) is 32.2 Å². The van der Waals surface area contributed by atoms with E-state index in [9.17, 15) is 0 Å². The van der Waals surface area contributed by atoms with Crippen LogP contribution in [-0.4, -0.2) is 39.3 Å². The zero-order valence-electron chi connectivity index (χ0n) is 10.1. The number of para-hydroxylation sites is 2. The van der Waals surface area contributed by atoms with Gasteiger partial charge in [0, 0.05) is 6.04 Å². The molecule has 0 amide bonds. The van der Waals surface area contributed by atoms with E-state index in [-0.39, 0.29) is 0 Å². The molecule has 0 aliphatic carbocycles. The van der Waals surface area contributed by atoms with Gasteiger partial charge in [-0.15, -0.1) is 5.10 Å². The molecule has 1 saturated heterocycles. The third kappa shape index (κ3) is 2.33. The van der Waals surface area contributed by atoms with Crippen LogP contribution in [0.3, 0.4) is 0 Å². The summed E-state index contributed by atoms with van der Waals surface area (Å²) in [6.07, 6.45) is 3.90. The second-order valence-corrected chi connectivity index (χ2v) is 4.44. The first-order chi connectivity index (χ1) is 8.93. The SMILES string of the molecule is c1ccc(-n2cnnn2)c(NC2CCNCC2)c1. The molecule has 0 saturated carbocycles. The smallest absolute Gasteiger partial charge is 0.143 e. The topological polar surface area (TPSA) is 67.7 Å². The van der Waals surface area contributed by atoms with Gasteiger partial charge < -0.3 is 10.6 Å². The highest BCUT2D eigenvalue weighted by atomic mass is 15.5. The predicted octanol–water partition coefficient (Wildman–Crippen LogP) is 0.826. The summed E-state index contributed by atoms with van der Waals surface area (Å²) in [5, 5.41) is 18.3. The van der Waals surface area contributed by atoms with Gasteiger partial charge in [0.05, 0.1) is 11.4 Å². The Hall–Kier alpha value is -1.95. The van der Waals surface area contributed by atoms with Gasteiger partial charge in [-0.2, -0.15) is 4.68 Å². The van der Waals surface area contributed by atoms with E-state index in [1.165, 1.54) is 0 Å². The van der Waals surface area contributed by atoms with Gasteiger partial charge in [-0.3, -0.25) is 0 Å². The van der Waals surface area contributed by atoms with Crippen molar-refractivity contribution in [3.63, 3.8) is 0 Å². The number of nitrogens with zero attached hydrogens (tertiary/aromatic N) is 4. The second kappa shape index (κ2) is 5.14. The lowest BCUT2D eigenvalue weighted by Gasteiger charge is -2.25. The monoisotopic (exact) mass is 244 g/mol. The number of hydrogen-bond acceptors (Lipinski definition) is 5. The molecule has 0 atom stereocenters. The number of benzene rings is 1. The van der Waals surface area contributed by atoms with Gasteiger partial charge in [-0.1, -0.05) is 12.1 Å². The minimum atomic E-state index is 0.517. The predicted molar refractivity (Wildman–Crippen MR) is 68.7 cm³/mol. The van der Waals surface area contributed by atoms with Crippen LogP contribution in [0.2, 0.25) is 0 Å². The van der Waals surface area contributed by atoms with Crippen molar-refractivity contribution in [2.75, 3.05) is 18.4 Å². The Morgan fingerprint density at radius 1 is 1.22 bits per heavy atom. The molecule has 0 unspecified atom stereocenters. The van der Waals surface area contributed by atoms with Crippen LogP contribution in [0.25, 0.3) is 5.69 Å². The van der Waals surface area contributed by atoms with E-state index in [1.54, 1.807) is 11.0 Å². The van der Waals surface area contributed by atoms with E-state index in [1.807, 2.05) is 18.2 Å². The fraction of sp³-hybridized carbons (Fsp3) is 0.417. The fourth-order valence-corrected chi connectivity index (χ4v) is 2.25. The lowest BCUT2D eigenvalue weighted by Crippen LogP contribution is -2.35. The lowest BCUT2D eigenvalue weighted by atomic mass is 10.1. The number of anilines is 1. The first-order valence-corrected chi connectivity index (χ1v) is 6.23. The Morgan fingerprint density at radius 2 is 2.06 bits per heavy atom. The van der Waals surface area contributed by atoms with Crippen molar-refractivity contribution < 1.29 is 0 Å². The fourth-order valence-electron chi connectivity index (χ4n) is 2.25. The van der Waals surface area contributed by atoms with Crippen molar-refractivity contribution in [2.24, 2.45) is 0 Å². The van der Waals surface area contributed by atoms with Gasteiger partial charge in [0.15, 0.2) is 0 Å². The molecular formula is C12H16N6. The molecular weight excluding hydrogens is 228 g/mol. The van der Waals surface area contributed by atoms with Crippen LogP contribution in [-0.2, 0) is 0 Å². The summed E-state index contributed by atoms with van der Waals surface area (Å²) >= 11 is 0. The molecule has 2 aromatic rings. The van der Waals surface area contributed by atoms with Gasteiger partial charge in [-0.05, 0) is 48.5 Å². The number of hydrogen-bond donors (Lipinski definition) is 2. The quantitative estimate of drug-likeness (QED) is 0.837. The van der Waals surface area contributed by atoms with Crippen LogP contribution >= 0.6 is 0 Å². The molecule has 6 nitrogen and oxygen atoms in total. The molecule has 94 valence electrons. The van der Waals surface area contributed by atoms with Crippen LogP contribution in [0.1, 0.15) is 12.8 Å². The minimum Gasteiger partial charge on any atom is -0.380 e. The molecule has 1 aliphatic rings. The first kappa shape index (κ1) is 11.2. The highest BCUT2D eigenvalue weighted by Crippen LogP contribution is 2.21. The van der Waals surface area contributed by atoms with Crippen molar-refractivity contribution in [2.45, 2.75) is 18.9 Å². The summed E-state index contributed by atoms with van der Waals surface area (Å²) in [6.45, 7) is 2.15. The molecule has 1 aliphatic heterocycles. The highest BCUT2D eigenvalue weighted by molar-refractivity contribution is 5.60. The maximum atomic E-state index is 3.94. The first-order valence-electron chi connectivity index (χ1n) is 6.23. The van der Waals surface area contributed by atoms with Gasteiger partial charge in [-0.25, -0.2) is 0 Å². The van der Waals surface area contributed by atoms with E-state index < -0.39 is 0 Å². The summed E-state index contributed by atoms with van der Waals surface area (Å²) in [6, 6.07) is 8.62. The number of piperidine rings is 1. The van der Waals surface area contributed by atoms with E-state index in [4.69, 9.17) is 0 Å². The summed E-state index contributed by atoms with van der Waals surface area (Å²) in [7, 11) is 0. The summed E-state index contributed by atoms with van der Waals surface area (Å²) in [5.41, 5.74) is 2.07. The average molecular weight is 244 g/mol. The number of aromatic nitrogens is 4. The van der Waals surface area contributed by atoms with Crippen molar-refractivity contribution in [3.8, 4) is 5.69 Å². The molecule has 1 fully saturated rings. The zero-order valence-corrected chi connectivity index (χ0v) is 10.1. The van der Waals surface area contributed by atoms with Gasteiger partial charge in [0.1, 0.15) is 6.33 Å². The van der Waals surface area contributed by atoms with Crippen LogP contribution in [0.15, 0.2) is 30.6 Å². The normalized spacial score (nSPS) is 16.7. The van der Waals surface area contributed by atoms with E-state index >= 15 is 0 Å². The van der Waals surface area contributed by atoms with Gasteiger partial charge >= 0.3 is 0 Å². The summed E-state index contributed by atoms with van der Waals surface area (Å²) in [4.78, 5) is 0. The molecule has 2 heterocycles. The molecule has 0 spiro atoms. The number of nitrogens with one attached hydrogen (secondary N) is 2. The maximum Gasteiger partial charge on any atom is 0.143 e. The van der Waals surface area contributed by atoms with Crippen LogP contribution in [0.5, 0.6) is 0 Å². The minimum absolute atomic E-state index is 0.517. The molecule has 3 rings (SSSR count). The number of rotatable bonds is 3. The average Bonchev–Trinajstić information content (AvgIpc) is 2.94. The van der Waals surface area contributed by atoms with Crippen molar-refractivity contribution in [1.29, 1.82) is 0 Å². The van der Waals surface area contributed by atoms with Crippen LogP contribution in [0, 0.1) is 0 Å². The van der Waals surface area contributed by atoms with Crippen LogP contribution in [0.4, 0.5) is 5.69 Å². The summed E-state index contributed by atoms with van der Waals surface area (Å²) < 4.78 is 1.68. The Kier molecular flexibility index (Phi) is 3.18. The summed E-state index contributed by atoms with van der Waals surface area (Å²) in [5.74, 6) is 0. The molecule has 1 aromatic heterocycles. The maximum absolute atomic E-state index is 3.94. The highest BCUT2D eigenvalue weighted by Gasteiger charge is 2.14. The third-order valence-corrected chi connectivity index (χ3v) is 3.20.